The summed E-state index contributed by atoms with van der Waals surface area (Å²) in [5.41, 5.74) is 8.99. The first-order valence-electron chi connectivity index (χ1n) is 9.56. The van der Waals surface area contributed by atoms with Gasteiger partial charge in [0.1, 0.15) is 5.75 Å². The lowest BCUT2D eigenvalue weighted by Crippen LogP contribution is -2.13. The number of nitrogens with zero attached hydrogens (tertiary/aromatic N) is 2. The smallest absolute Gasteiger partial charge is 0.343 e. The van der Waals surface area contributed by atoms with Crippen molar-refractivity contribution in [3.8, 4) is 11.8 Å². The highest BCUT2D eigenvalue weighted by Crippen LogP contribution is 2.38. The normalized spacial score (nSPS) is 10.7. The van der Waals surface area contributed by atoms with Gasteiger partial charge in [0, 0.05) is 17.5 Å². The van der Waals surface area contributed by atoms with Crippen LogP contribution in [0.1, 0.15) is 21.5 Å². The van der Waals surface area contributed by atoms with Gasteiger partial charge in [-0.2, -0.15) is 5.26 Å². The topological polar surface area (TPSA) is 107 Å². The Morgan fingerprint density at radius 3 is 2.42 bits per heavy atom. The van der Waals surface area contributed by atoms with Crippen molar-refractivity contribution in [3.05, 3.63) is 77.4 Å². The Morgan fingerprint density at radius 2 is 1.71 bits per heavy atom. The van der Waals surface area contributed by atoms with Crippen molar-refractivity contribution in [2.75, 3.05) is 13.7 Å². The third-order valence-corrected chi connectivity index (χ3v) is 5.18. The van der Waals surface area contributed by atoms with E-state index in [0.29, 0.717) is 34.2 Å². The highest BCUT2D eigenvalue weighted by molar-refractivity contribution is 6.19. The van der Waals surface area contributed by atoms with Gasteiger partial charge in [-0.25, -0.2) is 4.79 Å². The molecular weight excluding hydrogens is 394 g/mol. The van der Waals surface area contributed by atoms with Crippen molar-refractivity contribution in [2.45, 2.75) is 6.54 Å². The van der Waals surface area contributed by atoms with E-state index in [1.165, 1.54) is 7.11 Å². The van der Waals surface area contributed by atoms with Gasteiger partial charge in [0.15, 0.2) is 6.61 Å². The van der Waals surface area contributed by atoms with Crippen molar-refractivity contribution in [1.29, 1.82) is 5.26 Å². The fourth-order valence-electron chi connectivity index (χ4n) is 3.78. The maximum atomic E-state index is 12.2. The Kier molecular flexibility index (Phi) is 5.29. The summed E-state index contributed by atoms with van der Waals surface area (Å²) in [6, 6.07) is 20.3. The standard InChI is InChI=1S/C24H19N3O4/c1-30-21(28)14-31-20-11-5-10-19-23(20)22-17(24(26)29)8-4-9-18(22)27(19)13-16-7-3-2-6-15(16)12-25/h2-11H,13-14H2,1H3,(H2,26,29). The van der Waals surface area contributed by atoms with Gasteiger partial charge < -0.3 is 19.8 Å². The van der Waals surface area contributed by atoms with E-state index >= 15 is 0 Å². The Bertz CT molecular complexity index is 1360. The monoisotopic (exact) mass is 413 g/mol. The number of nitriles is 1. The number of fused-ring (bicyclic) bond motifs is 3. The highest BCUT2D eigenvalue weighted by Gasteiger charge is 2.20. The van der Waals surface area contributed by atoms with E-state index in [-0.39, 0.29) is 6.61 Å². The molecule has 2 N–H and O–H groups in total. The van der Waals surface area contributed by atoms with Crippen LogP contribution in [0, 0.1) is 11.3 Å². The second-order valence-electron chi connectivity index (χ2n) is 6.93. The maximum Gasteiger partial charge on any atom is 0.343 e. The summed E-state index contributed by atoms with van der Waals surface area (Å²) in [5, 5.41) is 10.8. The zero-order chi connectivity index (χ0) is 22.0. The van der Waals surface area contributed by atoms with Gasteiger partial charge in [-0.05, 0) is 35.9 Å². The van der Waals surface area contributed by atoms with Gasteiger partial charge in [-0.15, -0.1) is 0 Å². The average molecular weight is 413 g/mol. The second kappa shape index (κ2) is 8.20. The predicted molar refractivity (Wildman–Crippen MR) is 116 cm³/mol. The van der Waals surface area contributed by atoms with Crippen LogP contribution in [0.15, 0.2) is 60.7 Å². The largest absolute Gasteiger partial charge is 0.481 e. The molecule has 7 nitrogen and oxygen atoms in total. The number of primary amides is 1. The van der Waals surface area contributed by atoms with Crippen LogP contribution in [0.25, 0.3) is 21.8 Å². The molecule has 0 fully saturated rings. The van der Waals surface area contributed by atoms with E-state index in [1.807, 2.05) is 41.0 Å². The quantitative estimate of drug-likeness (QED) is 0.488. The molecular formula is C24H19N3O4. The number of esters is 1. The minimum atomic E-state index is -0.565. The van der Waals surface area contributed by atoms with Gasteiger partial charge in [-0.1, -0.05) is 30.3 Å². The molecule has 0 radical (unpaired) electrons. The molecule has 1 heterocycles. The van der Waals surface area contributed by atoms with Crippen molar-refractivity contribution < 1.29 is 19.1 Å². The number of rotatable bonds is 6. The molecule has 4 aromatic rings. The molecule has 0 unspecified atom stereocenters. The molecule has 0 bridgehead atoms. The first-order valence-corrected chi connectivity index (χ1v) is 9.56. The Hall–Kier alpha value is -4.31. The molecule has 7 heteroatoms. The number of nitrogens with two attached hydrogens (primary N) is 1. The van der Waals surface area contributed by atoms with Crippen LogP contribution in [0.5, 0.6) is 5.75 Å². The molecule has 0 aliphatic rings. The first-order chi connectivity index (χ1) is 15.0. The summed E-state index contributed by atoms with van der Waals surface area (Å²) in [4.78, 5) is 23.8. The van der Waals surface area contributed by atoms with E-state index in [4.69, 9.17) is 10.5 Å². The molecule has 1 amide bonds. The molecule has 0 saturated heterocycles. The Morgan fingerprint density at radius 1 is 1.00 bits per heavy atom. The molecule has 0 saturated carbocycles. The van der Waals surface area contributed by atoms with Gasteiger partial charge in [0.05, 0.1) is 35.2 Å². The van der Waals surface area contributed by atoms with Crippen molar-refractivity contribution in [2.24, 2.45) is 5.73 Å². The summed E-state index contributed by atoms with van der Waals surface area (Å²) in [6.45, 7) is 0.144. The minimum Gasteiger partial charge on any atom is -0.481 e. The molecule has 0 aliphatic carbocycles. The summed E-state index contributed by atoms with van der Waals surface area (Å²) < 4.78 is 12.4. The van der Waals surface area contributed by atoms with Crippen LogP contribution in [-0.4, -0.2) is 30.2 Å². The van der Waals surface area contributed by atoms with Crippen LogP contribution in [0.2, 0.25) is 0 Å². The number of hydrogen-bond donors (Lipinski definition) is 1. The van der Waals surface area contributed by atoms with Gasteiger partial charge in [0.25, 0.3) is 0 Å². The van der Waals surface area contributed by atoms with Crippen LogP contribution in [0.3, 0.4) is 0 Å². The van der Waals surface area contributed by atoms with Crippen molar-refractivity contribution in [3.63, 3.8) is 0 Å². The summed E-state index contributed by atoms with van der Waals surface area (Å²) in [6.07, 6.45) is 0. The van der Waals surface area contributed by atoms with E-state index in [1.54, 1.807) is 24.3 Å². The number of ether oxygens (including phenoxy) is 2. The zero-order valence-electron chi connectivity index (χ0n) is 16.8. The zero-order valence-corrected chi connectivity index (χ0v) is 16.8. The number of hydrogen-bond acceptors (Lipinski definition) is 5. The molecule has 4 rings (SSSR count). The lowest BCUT2D eigenvalue weighted by molar-refractivity contribution is -0.142. The Labute approximate surface area is 178 Å². The lowest BCUT2D eigenvalue weighted by Gasteiger charge is -2.10. The first kappa shape index (κ1) is 20.0. The molecule has 31 heavy (non-hydrogen) atoms. The fraction of sp³-hybridized carbons (Fsp3) is 0.125. The van der Waals surface area contributed by atoms with Crippen LogP contribution in [-0.2, 0) is 16.1 Å². The second-order valence-corrected chi connectivity index (χ2v) is 6.93. The number of carbonyl (C=O) groups excluding carboxylic acids is 2. The number of carbonyl (C=O) groups is 2. The fourth-order valence-corrected chi connectivity index (χ4v) is 3.78. The van der Waals surface area contributed by atoms with Crippen LogP contribution < -0.4 is 10.5 Å². The Balaban J connectivity index is 2.00. The number of amides is 1. The number of benzene rings is 3. The van der Waals surface area contributed by atoms with Gasteiger partial charge >= 0.3 is 5.97 Å². The summed E-state index contributed by atoms with van der Waals surface area (Å²) >= 11 is 0. The minimum absolute atomic E-state index is 0.266. The third-order valence-electron chi connectivity index (χ3n) is 5.18. The molecule has 3 aromatic carbocycles. The molecule has 0 atom stereocenters. The summed E-state index contributed by atoms with van der Waals surface area (Å²) in [7, 11) is 1.29. The molecule has 0 spiro atoms. The van der Waals surface area contributed by atoms with Crippen molar-refractivity contribution >= 4 is 33.7 Å². The molecule has 1 aromatic heterocycles. The lowest BCUT2D eigenvalue weighted by atomic mass is 10.1. The SMILES string of the molecule is COC(=O)COc1cccc2c1c1c(C(N)=O)cccc1n2Cc1ccccc1C#N. The highest BCUT2D eigenvalue weighted by atomic mass is 16.6. The third kappa shape index (κ3) is 3.55. The van der Waals surface area contributed by atoms with E-state index < -0.39 is 11.9 Å². The van der Waals surface area contributed by atoms with Crippen molar-refractivity contribution in [1.82, 2.24) is 4.57 Å². The predicted octanol–water partition coefficient (Wildman–Crippen LogP) is 3.37. The van der Waals surface area contributed by atoms with E-state index in [0.717, 1.165) is 16.6 Å². The number of aromatic nitrogens is 1. The maximum absolute atomic E-state index is 12.2. The summed E-state index contributed by atoms with van der Waals surface area (Å²) in [5.74, 6) is -0.641. The van der Waals surface area contributed by atoms with E-state index in [2.05, 4.69) is 10.8 Å². The van der Waals surface area contributed by atoms with Gasteiger partial charge in [0.2, 0.25) is 5.91 Å². The van der Waals surface area contributed by atoms with Crippen LogP contribution in [0.4, 0.5) is 0 Å². The number of methoxy groups -OCH3 is 1. The molecule has 154 valence electrons. The van der Waals surface area contributed by atoms with Crippen LogP contribution >= 0.6 is 0 Å². The average Bonchev–Trinajstić information content (AvgIpc) is 3.12. The van der Waals surface area contributed by atoms with E-state index in [9.17, 15) is 14.9 Å². The molecule has 0 aliphatic heterocycles. The van der Waals surface area contributed by atoms with Gasteiger partial charge in [-0.3, -0.25) is 4.79 Å².